The highest BCUT2D eigenvalue weighted by Crippen LogP contribution is 2.28. The lowest BCUT2D eigenvalue weighted by Gasteiger charge is -2.08. The second-order valence-corrected chi connectivity index (χ2v) is 5.81. The summed E-state index contributed by atoms with van der Waals surface area (Å²) >= 11 is 0. The average Bonchev–Trinajstić information content (AvgIpc) is 3.20. The van der Waals surface area contributed by atoms with Gasteiger partial charge in [0.05, 0.1) is 0 Å². The van der Waals surface area contributed by atoms with Gasteiger partial charge in [0.25, 0.3) is 5.91 Å². The lowest BCUT2D eigenvalue weighted by molar-refractivity contribution is 0.101. The fourth-order valence-electron chi connectivity index (χ4n) is 2.76. The van der Waals surface area contributed by atoms with E-state index < -0.39 is 0 Å². The van der Waals surface area contributed by atoms with Crippen LogP contribution in [0.25, 0.3) is 22.6 Å². The van der Waals surface area contributed by atoms with E-state index in [-0.39, 0.29) is 5.91 Å². The topological polar surface area (TPSA) is 73.0 Å². The largest absolute Gasteiger partial charge is 0.436 e. The SMILES string of the molecule is Cc1cc(NC(=O)c2ccnn2C)ccc1-c1nc2ccccc2o1. The molecule has 2 aromatic carbocycles. The zero-order chi connectivity index (χ0) is 17.4. The third-order valence-corrected chi connectivity index (χ3v) is 4.06. The van der Waals surface area contributed by atoms with Crippen molar-refractivity contribution in [2.75, 3.05) is 5.32 Å². The van der Waals surface area contributed by atoms with Gasteiger partial charge in [-0.05, 0) is 48.9 Å². The number of anilines is 1. The zero-order valence-corrected chi connectivity index (χ0v) is 13.9. The number of oxazole rings is 1. The van der Waals surface area contributed by atoms with Crippen molar-refractivity contribution >= 4 is 22.7 Å². The number of aromatic nitrogens is 3. The minimum Gasteiger partial charge on any atom is -0.436 e. The van der Waals surface area contributed by atoms with E-state index in [2.05, 4.69) is 15.4 Å². The highest BCUT2D eigenvalue weighted by Gasteiger charge is 2.13. The maximum absolute atomic E-state index is 12.3. The number of para-hydroxylation sites is 2. The molecule has 0 aliphatic heterocycles. The van der Waals surface area contributed by atoms with Crippen molar-refractivity contribution in [2.45, 2.75) is 6.92 Å². The van der Waals surface area contributed by atoms with E-state index in [1.807, 2.05) is 49.4 Å². The molecule has 0 radical (unpaired) electrons. The first-order chi connectivity index (χ1) is 12.1. The summed E-state index contributed by atoms with van der Waals surface area (Å²) in [4.78, 5) is 16.8. The number of fused-ring (bicyclic) bond motifs is 1. The summed E-state index contributed by atoms with van der Waals surface area (Å²) in [6.45, 7) is 1.96. The first kappa shape index (κ1) is 15.1. The van der Waals surface area contributed by atoms with Crippen LogP contribution in [0.5, 0.6) is 0 Å². The van der Waals surface area contributed by atoms with Gasteiger partial charge in [-0.2, -0.15) is 5.10 Å². The number of amides is 1. The Balaban J connectivity index is 1.62. The Hall–Kier alpha value is -3.41. The molecule has 2 aromatic heterocycles. The van der Waals surface area contributed by atoms with Crippen LogP contribution in [0, 0.1) is 6.92 Å². The molecule has 0 saturated carbocycles. The van der Waals surface area contributed by atoms with Crippen LogP contribution < -0.4 is 5.32 Å². The molecule has 0 unspecified atom stereocenters. The van der Waals surface area contributed by atoms with Crippen molar-refractivity contribution in [2.24, 2.45) is 7.05 Å². The van der Waals surface area contributed by atoms with Gasteiger partial charge in [0.1, 0.15) is 11.2 Å². The molecule has 0 aliphatic carbocycles. The summed E-state index contributed by atoms with van der Waals surface area (Å²) in [5.74, 6) is 0.372. The van der Waals surface area contributed by atoms with E-state index in [0.717, 1.165) is 22.2 Å². The van der Waals surface area contributed by atoms with Gasteiger partial charge in [0.2, 0.25) is 5.89 Å². The molecule has 4 rings (SSSR count). The third kappa shape index (κ3) is 2.78. The summed E-state index contributed by atoms with van der Waals surface area (Å²) in [5, 5.41) is 6.89. The molecule has 4 aromatic rings. The molecule has 1 N–H and O–H groups in total. The Bertz CT molecular complexity index is 1040. The van der Waals surface area contributed by atoms with Crippen molar-refractivity contribution in [3.63, 3.8) is 0 Å². The molecule has 25 heavy (non-hydrogen) atoms. The zero-order valence-electron chi connectivity index (χ0n) is 13.9. The molecular formula is C19H16N4O2. The molecule has 6 nitrogen and oxygen atoms in total. The number of benzene rings is 2. The van der Waals surface area contributed by atoms with Crippen molar-refractivity contribution in [1.82, 2.24) is 14.8 Å². The van der Waals surface area contributed by atoms with Gasteiger partial charge >= 0.3 is 0 Å². The molecular weight excluding hydrogens is 316 g/mol. The van der Waals surface area contributed by atoms with E-state index in [0.29, 0.717) is 17.3 Å². The molecule has 6 heteroatoms. The van der Waals surface area contributed by atoms with Crippen molar-refractivity contribution < 1.29 is 9.21 Å². The normalized spacial score (nSPS) is 11.0. The molecule has 0 fully saturated rings. The van der Waals surface area contributed by atoms with Crippen LogP contribution in [0.1, 0.15) is 16.1 Å². The van der Waals surface area contributed by atoms with E-state index in [9.17, 15) is 4.79 Å². The molecule has 0 saturated heterocycles. The summed E-state index contributed by atoms with van der Waals surface area (Å²) in [6.07, 6.45) is 1.59. The first-order valence-corrected chi connectivity index (χ1v) is 7.88. The summed E-state index contributed by atoms with van der Waals surface area (Å²) in [5.41, 5.74) is 4.66. The lowest BCUT2D eigenvalue weighted by Crippen LogP contribution is -2.16. The molecule has 1 amide bonds. The van der Waals surface area contributed by atoms with E-state index in [1.54, 1.807) is 19.3 Å². The van der Waals surface area contributed by atoms with Crippen LogP contribution in [0.2, 0.25) is 0 Å². The quantitative estimate of drug-likeness (QED) is 0.619. The van der Waals surface area contributed by atoms with Crippen molar-refractivity contribution in [3.8, 4) is 11.5 Å². The van der Waals surface area contributed by atoms with Crippen LogP contribution in [-0.2, 0) is 7.05 Å². The number of hydrogen-bond donors (Lipinski definition) is 1. The maximum atomic E-state index is 12.3. The van der Waals surface area contributed by atoms with Crippen LogP contribution in [0.15, 0.2) is 59.1 Å². The minimum absolute atomic E-state index is 0.200. The number of nitrogens with one attached hydrogen (secondary N) is 1. The van der Waals surface area contributed by atoms with Crippen molar-refractivity contribution in [1.29, 1.82) is 0 Å². The Labute approximate surface area is 144 Å². The highest BCUT2D eigenvalue weighted by atomic mass is 16.3. The van der Waals surface area contributed by atoms with Crippen molar-refractivity contribution in [3.05, 3.63) is 66.0 Å². The van der Waals surface area contributed by atoms with E-state index in [4.69, 9.17) is 4.42 Å². The van der Waals surface area contributed by atoms with Gasteiger partial charge in [0.15, 0.2) is 5.58 Å². The molecule has 0 bridgehead atoms. The Morgan fingerprint density at radius 1 is 1.16 bits per heavy atom. The predicted molar refractivity (Wildman–Crippen MR) is 95.3 cm³/mol. The van der Waals surface area contributed by atoms with Gasteiger partial charge in [0, 0.05) is 24.5 Å². The molecule has 2 heterocycles. The second-order valence-electron chi connectivity index (χ2n) is 5.81. The predicted octanol–water partition coefficient (Wildman–Crippen LogP) is 3.79. The van der Waals surface area contributed by atoms with E-state index in [1.165, 1.54) is 4.68 Å². The standard InChI is InChI=1S/C19H16N4O2/c1-12-11-13(21-18(24)16-9-10-20-23(16)2)7-8-14(12)19-22-15-5-3-4-6-17(15)25-19/h3-11H,1-2H3,(H,21,24). The van der Waals surface area contributed by atoms with Crippen LogP contribution in [-0.4, -0.2) is 20.7 Å². The van der Waals surface area contributed by atoms with Gasteiger partial charge in [-0.3, -0.25) is 9.48 Å². The number of rotatable bonds is 3. The lowest BCUT2D eigenvalue weighted by atomic mass is 10.1. The first-order valence-electron chi connectivity index (χ1n) is 7.88. The smallest absolute Gasteiger partial charge is 0.273 e. The van der Waals surface area contributed by atoms with Crippen LogP contribution in [0.3, 0.4) is 0 Å². The Morgan fingerprint density at radius 3 is 2.72 bits per heavy atom. The number of carbonyl (C=O) groups excluding carboxylic acids is 1. The Morgan fingerprint density at radius 2 is 2.00 bits per heavy atom. The fraction of sp³-hybridized carbons (Fsp3) is 0.105. The molecule has 124 valence electrons. The highest BCUT2D eigenvalue weighted by molar-refractivity contribution is 6.03. The molecule has 0 spiro atoms. The van der Waals surface area contributed by atoms with Gasteiger partial charge in [-0.15, -0.1) is 0 Å². The number of nitrogens with zero attached hydrogens (tertiary/aromatic N) is 3. The number of carbonyl (C=O) groups is 1. The van der Waals surface area contributed by atoms with Crippen LogP contribution in [0.4, 0.5) is 5.69 Å². The van der Waals surface area contributed by atoms with Gasteiger partial charge in [-0.25, -0.2) is 4.98 Å². The maximum Gasteiger partial charge on any atom is 0.273 e. The monoisotopic (exact) mass is 332 g/mol. The second kappa shape index (κ2) is 5.90. The Kier molecular flexibility index (Phi) is 3.57. The van der Waals surface area contributed by atoms with Gasteiger partial charge < -0.3 is 9.73 Å². The summed E-state index contributed by atoms with van der Waals surface area (Å²) in [6, 6.07) is 15.0. The van der Waals surface area contributed by atoms with Crippen LogP contribution >= 0.6 is 0 Å². The van der Waals surface area contributed by atoms with Gasteiger partial charge in [-0.1, -0.05) is 12.1 Å². The summed E-state index contributed by atoms with van der Waals surface area (Å²) in [7, 11) is 1.73. The number of aryl methyl sites for hydroxylation is 2. The molecule has 0 atom stereocenters. The molecule has 0 aliphatic rings. The fourth-order valence-corrected chi connectivity index (χ4v) is 2.76. The minimum atomic E-state index is -0.200. The van der Waals surface area contributed by atoms with E-state index >= 15 is 0 Å². The summed E-state index contributed by atoms with van der Waals surface area (Å²) < 4.78 is 7.36. The average molecular weight is 332 g/mol. The third-order valence-electron chi connectivity index (χ3n) is 4.06. The number of hydrogen-bond acceptors (Lipinski definition) is 4.